The van der Waals surface area contributed by atoms with Gasteiger partial charge in [0.2, 0.25) is 0 Å². The molecular formula is C13H16ClNO. The molecule has 1 aliphatic rings. The van der Waals surface area contributed by atoms with Crippen molar-refractivity contribution in [1.29, 1.82) is 0 Å². The maximum Gasteiger partial charge on any atom is 0.122 e. The molecule has 2 rings (SSSR count). The first-order chi connectivity index (χ1) is 7.78. The second-order valence-electron chi connectivity index (χ2n) is 4.09. The average Bonchev–Trinajstić information content (AvgIpc) is 2.29. The van der Waals surface area contributed by atoms with Crippen LogP contribution >= 0.6 is 11.6 Å². The Labute approximate surface area is 101 Å². The molecule has 0 N–H and O–H groups in total. The van der Waals surface area contributed by atoms with E-state index in [9.17, 15) is 0 Å². The predicted molar refractivity (Wildman–Crippen MR) is 68.2 cm³/mol. The maximum atomic E-state index is 6.00. The third-order valence-corrected chi connectivity index (χ3v) is 3.03. The number of nitrogens with zero attached hydrogens (tertiary/aromatic N) is 1. The Bertz CT molecular complexity index is 393. The molecule has 0 heterocycles. The van der Waals surface area contributed by atoms with Crippen molar-refractivity contribution >= 4 is 23.0 Å². The molecule has 1 aromatic carbocycles. The molecule has 3 heteroatoms. The molecule has 1 aromatic rings. The van der Waals surface area contributed by atoms with Crippen molar-refractivity contribution < 1.29 is 4.74 Å². The number of hydrogen-bond acceptors (Lipinski definition) is 2. The van der Waals surface area contributed by atoms with Gasteiger partial charge in [-0.25, -0.2) is 0 Å². The third-order valence-electron chi connectivity index (χ3n) is 2.81. The standard InChI is InChI=1S/C13H16ClNO/c1-16-13-8-10(14)7-12(9-13)15-11-5-3-2-4-6-11/h7-9H,2-6H2,1H3. The topological polar surface area (TPSA) is 21.6 Å². The maximum absolute atomic E-state index is 6.00. The lowest BCUT2D eigenvalue weighted by Gasteiger charge is -2.12. The Kier molecular flexibility index (Phi) is 3.83. The zero-order valence-corrected chi connectivity index (χ0v) is 10.3. The van der Waals surface area contributed by atoms with E-state index < -0.39 is 0 Å². The minimum absolute atomic E-state index is 0.675. The largest absolute Gasteiger partial charge is 0.497 e. The summed E-state index contributed by atoms with van der Waals surface area (Å²) in [6, 6.07) is 5.60. The van der Waals surface area contributed by atoms with Gasteiger partial charge in [0.1, 0.15) is 5.75 Å². The van der Waals surface area contributed by atoms with Crippen LogP contribution in [-0.4, -0.2) is 12.8 Å². The number of aliphatic imine (C=N–C) groups is 1. The van der Waals surface area contributed by atoms with Crippen molar-refractivity contribution in [3.63, 3.8) is 0 Å². The highest BCUT2D eigenvalue weighted by molar-refractivity contribution is 6.31. The molecule has 0 aliphatic heterocycles. The monoisotopic (exact) mass is 237 g/mol. The highest BCUT2D eigenvalue weighted by Crippen LogP contribution is 2.27. The average molecular weight is 238 g/mol. The van der Waals surface area contributed by atoms with E-state index in [2.05, 4.69) is 4.99 Å². The summed E-state index contributed by atoms with van der Waals surface area (Å²) >= 11 is 6.00. The predicted octanol–water partition coefficient (Wildman–Crippen LogP) is 4.39. The Morgan fingerprint density at radius 1 is 1.12 bits per heavy atom. The molecule has 0 bridgehead atoms. The lowest BCUT2D eigenvalue weighted by Crippen LogP contribution is -2.03. The summed E-state index contributed by atoms with van der Waals surface area (Å²) in [4.78, 5) is 4.64. The normalized spacial score (nSPS) is 16.0. The van der Waals surface area contributed by atoms with Gasteiger partial charge in [0.15, 0.2) is 0 Å². The van der Waals surface area contributed by atoms with Crippen LogP contribution in [0.5, 0.6) is 5.75 Å². The van der Waals surface area contributed by atoms with E-state index >= 15 is 0 Å². The van der Waals surface area contributed by atoms with Crippen molar-refractivity contribution in [2.75, 3.05) is 7.11 Å². The van der Waals surface area contributed by atoms with Crippen LogP contribution in [0.3, 0.4) is 0 Å². The summed E-state index contributed by atoms with van der Waals surface area (Å²) in [5.41, 5.74) is 2.19. The Morgan fingerprint density at radius 2 is 1.88 bits per heavy atom. The molecule has 1 aliphatic carbocycles. The molecule has 0 saturated heterocycles. The van der Waals surface area contributed by atoms with E-state index in [-0.39, 0.29) is 0 Å². The summed E-state index contributed by atoms with van der Waals surface area (Å²) in [7, 11) is 1.64. The van der Waals surface area contributed by atoms with Gasteiger partial charge in [-0.05, 0) is 37.8 Å². The van der Waals surface area contributed by atoms with Crippen molar-refractivity contribution in [1.82, 2.24) is 0 Å². The number of hydrogen-bond donors (Lipinski definition) is 0. The molecule has 1 fully saturated rings. The molecule has 0 spiro atoms. The van der Waals surface area contributed by atoms with Crippen LogP contribution in [-0.2, 0) is 0 Å². The van der Waals surface area contributed by atoms with Crippen LogP contribution in [0.15, 0.2) is 23.2 Å². The van der Waals surface area contributed by atoms with Crippen LogP contribution in [0.2, 0.25) is 5.02 Å². The van der Waals surface area contributed by atoms with Crippen molar-refractivity contribution in [3.05, 3.63) is 23.2 Å². The Hall–Kier alpha value is -1.02. The fourth-order valence-corrected chi connectivity index (χ4v) is 2.20. The lowest BCUT2D eigenvalue weighted by molar-refractivity contribution is 0.415. The van der Waals surface area contributed by atoms with E-state index in [4.69, 9.17) is 16.3 Å². The summed E-state index contributed by atoms with van der Waals surface area (Å²) in [6.07, 6.45) is 6.09. The number of ether oxygens (including phenoxy) is 1. The summed E-state index contributed by atoms with van der Waals surface area (Å²) in [6.45, 7) is 0. The zero-order valence-electron chi connectivity index (χ0n) is 9.50. The molecule has 0 aromatic heterocycles. The number of rotatable bonds is 2. The molecule has 0 amide bonds. The second-order valence-corrected chi connectivity index (χ2v) is 4.52. The highest BCUT2D eigenvalue weighted by Gasteiger charge is 2.07. The summed E-state index contributed by atoms with van der Waals surface area (Å²) in [5.74, 6) is 0.766. The van der Waals surface area contributed by atoms with E-state index in [1.165, 1.54) is 25.0 Å². The van der Waals surface area contributed by atoms with Gasteiger partial charge in [-0.1, -0.05) is 18.0 Å². The molecule has 0 atom stereocenters. The van der Waals surface area contributed by atoms with Crippen molar-refractivity contribution in [2.24, 2.45) is 4.99 Å². The third kappa shape index (κ3) is 2.99. The van der Waals surface area contributed by atoms with Gasteiger partial charge in [-0.3, -0.25) is 4.99 Å². The Balaban J connectivity index is 2.22. The molecule has 0 unspecified atom stereocenters. The fourth-order valence-electron chi connectivity index (χ4n) is 1.98. The van der Waals surface area contributed by atoms with Gasteiger partial charge < -0.3 is 4.74 Å². The first-order valence-electron chi connectivity index (χ1n) is 5.69. The van der Waals surface area contributed by atoms with Gasteiger partial charge in [-0.15, -0.1) is 0 Å². The lowest BCUT2D eigenvalue weighted by atomic mass is 9.98. The van der Waals surface area contributed by atoms with Gasteiger partial charge in [0.05, 0.1) is 12.8 Å². The SMILES string of the molecule is COc1cc(Cl)cc(N=C2CCCCC2)c1. The van der Waals surface area contributed by atoms with Gasteiger partial charge in [-0.2, -0.15) is 0 Å². The first-order valence-corrected chi connectivity index (χ1v) is 6.07. The second kappa shape index (κ2) is 5.35. The van der Waals surface area contributed by atoms with E-state index in [0.29, 0.717) is 5.02 Å². The van der Waals surface area contributed by atoms with Crippen molar-refractivity contribution in [2.45, 2.75) is 32.1 Å². The van der Waals surface area contributed by atoms with Crippen LogP contribution in [0.25, 0.3) is 0 Å². The van der Waals surface area contributed by atoms with E-state index in [1.54, 1.807) is 13.2 Å². The zero-order chi connectivity index (χ0) is 11.4. The number of methoxy groups -OCH3 is 1. The van der Waals surface area contributed by atoms with E-state index in [1.807, 2.05) is 12.1 Å². The van der Waals surface area contributed by atoms with Crippen LogP contribution in [0.1, 0.15) is 32.1 Å². The molecule has 86 valence electrons. The molecule has 0 radical (unpaired) electrons. The quantitative estimate of drug-likeness (QED) is 0.748. The van der Waals surface area contributed by atoms with Crippen molar-refractivity contribution in [3.8, 4) is 5.75 Å². The van der Waals surface area contributed by atoms with Crippen LogP contribution in [0.4, 0.5) is 5.69 Å². The highest BCUT2D eigenvalue weighted by atomic mass is 35.5. The number of halogens is 1. The van der Waals surface area contributed by atoms with Gasteiger partial charge in [0, 0.05) is 16.8 Å². The fraction of sp³-hybridized carbons (Fsp3) is 0.462. The molecule has 2 nitrogen and oxygen atoms in total. The van der Waals surface area contributed by atoms with Crippen LogP contribution in [0, 0.1) is 0 Å². The molecule has 16 heavy (non-hydrogen) atoms. The Morgan fingerprint density at radius 3 is 2.56 bits per heavy atom. The molecule has 1 saturated carbocycles. The van der Waals surface area contributed by atoms with Gasteiger partial charge in [0.25, 0.3) is 0 Å². The van der Waals surface area contributed by atoms with Gasteiger partial charge >= 0.3 is 0 Å². The first kappa shape index (κ1) is 11.5. The van der Waals surface area contributed by atoms with E-state index in [0.717, 1.165) is 24.3 Å². The summed E-state index contributed by atoms with van der Waals surface area (Å²) < 4.78 is 5.17. The number of benzene rings is 1. The molecular weight excluding hydrogens is 222 g/mol. The minimum atomic E-state index is 0.675. The smallest absolute Gasteiger partial charge is 0.122 e. The summed E-state index contributed by atoms with van der Waals surface area (Å²) in [5, 5.41) is 0.675. The van der Waals surface area contributed by atoms with Crippen LogP contribution < -0.4 is 4.74 Å². The minimum Gasteiger partial charge on any atom is -0.497 e.